The van der Waals surface area contributed by atoms with Crippen molar-refractivity contribution in [1.82, 2.24) is 4.72 Å². The SMILES string of the molecule is COCCNS(=O)(=O)Nc1cc(Br)ccc1Cl. The molecule has 2 N–H and O–H groups in total. The Morgan fingerprint density at radius 1 is 1.47 bits per heavy atom. The zero-order chi connectivity index (χ0) is 12.9. The summed E-state index contributed by atoms with van der Waals surface area (Å²) in [6.45, 7) is 0.491. The predicted octanol–water partition coefficient (Wildman–Crippen LogP) is 2.00. The van der Waals surface area contributed by atoms with Crippen molar-refractivity contribution >= 4 is 43.4 Å². The van der Waals surface area contributed by atoms with Gasteiger partial charge in [0, 0.05) is 18.1 Å². The number of ether oxygens (including phenoxy) is 1. The minimum Gasteiger partial charge on any atom is -0.383 e. The van der Waals surface area contributed by atoms with E-state index < -0.39 is 10.2 Å². The van der Waals surface area contributed by atoms with E-state index in [2.05, 4.69) is 25.4 Å². The van der Waals surface area contributed by atoms with Gasteiger partial charge in [-0.3, -0.25) is 4.72 Å². The number of halogens is 2. The molecule has 0 radical (unpaired) electrons. The highest BCUT2D eigenvalue weighted by molar-refractivity contribution is 9.10. The van der Waals surface area contributed by atoms with Crippen molar-refractivity contribution in [3.8, 4) is 0 Å². The van der Waals surface area contributed by atoms with E-state index >= 15 is 0 Å². The molecule has 0 fully saturated rings. The van der Waals surface area contributed by atoms with Crippen molar-refractivity contribution < 1.29 is 13.2 Å². The van der Waals surface area contributed by atoms with E-state index in [1.165, 1.54) is 7.11 Å². The van der Waals surface area contributed by atoms with Gasteiger partial charge in [0.05, 0.1) is 17.3 Å². The van der Waals surface area contributed by atoms with Gasteiger partial charge in [-0.05, 0) is 18.2 Å². The van der Waals surface area contributed by atoms with Gasteiger partial charge < -0.3 is 4.74 Å². The number of hydrogen-bond donors (Lipinski definition) is 2. The molecule has 0 aliphatic rings. The Morgan fingerprint density at radius 2 is 2.18 bits per heavy atom. The number of hydrogen-bond acceptors (Lipinski definition) is 3. The predicted molar refractivity (Wildman–Crippen MR) is 71.6 cm³/mol. The van der Waals surface area contributed by atoms with Crippen LogP contribution in [-0.2, 0) is 14.9 Å². The van der Waals surface area contributed by atoms with Gasteiger partial charge in [-0.1, -0.05) is 27.5 Å². The number of benzene rings is 1. The van der Waals surface area contributed by atoms with Crippen LogP contribution in [0.4, 0.5) is 5.69 Å². The monoisotopic (exact) mass is 342 g/mol. The third-order valence-electron chi connectivity index (χ3n) is 1.77. The van der Waals surface area contributed by atoms with Crippen molar-refractivity contribution in [2.45, 2.75) is 0 Å². The van der Waals surface area contributed by atoms with E-state index in [9.17, 15) is 8.42 Å². The Kier molecular flexibility index (Phi) is 5.68. The normalized spacial score (nSPS) is 11.5. The summed E-state index contributed by atoms with van der Waals surface area (Å²) in [4.78, 5) is 0. The van der Waals surface area contributed by atoms with Crippen LogP contribution in [0.15, 0.2) is 22.7 Å². The molecule has 8 heteroatoms. The summed E-state index contributed by atoms with van der Waals surface area (Å²) in [7, 11) is -2.14. The van der Waals surface area contributed by atoms with Gasteiger partial charge in [0.15, 0.2) is 0 Å². The molecule has 96 valence electrons. The molecular formula is C9H12BrClN2O3S. The van der Waals surface area contributed by atoms with E-state index in [-0.39, 0.29) is 6.54 Å². The van der Waals surface area contributed by atoms with Gasteiger partial charge in [-0.25, -0.2) is 0 Å². The molecular weight excluding hydrogens is 332 g/mol. The lowest BCUT2D eigenvalue weighted by Crippen LogP contribution is -2.32. The van der Waals surface area contributed by atoms with Crippen molar-refractivity contribution in [1.29, 1.82) is 0 Å². The summed E-state index contributed by atoms with van der Waals surface area (Å²) >= 11 is 9.10. The molecule has 0 amide bonds. The van der Waals surface area contributed by atoms with Crippen LogP contribution in [0.5, 0.6) is 0 Å². The first-order valence-corrected chi connectivity index (χ1v) is 7.31. The maximum atomic E-state index is 11.6. The third kappa shape index (κ3) is 5.22. The third-order valence-corrected chi connectivity index (χ3v) is 3.67. The summed E-state index contributed by atoms with van der Waals surface area (Å²) in [5.74, 6) is 0. The second-order valence-corrected chi connectivity index (χ2v) is 5.94. The van der Waals surface area contributed by atoms with Gasteiger partial charge in [0.2, 0.25) is 0 Å². The summed E-state index contributed by atoms with van der Waals surface area (Å²) in [6.07, 6.45) is 0. The second-order valence-electron chi connectivity index (χ2n) is 3.12. The van der Waals surface area contributed by atoms with Gasteiger partial charge in [0.1, 0.15) is 0 Å². The van der Waals surface area contributed by atoms with Gasteiger partial charge in [-0.15, -0.1) is 0 Å². The minimum atomic E-state index is -3.63. The van der Waals surface area contributed by atoms with Crippen molar-refractivity contribution in [3.05, 3.63) is 27.7 Å². The first-order chi connectivity index (χ1) is 7.94. The minimum absolute atomic E-state index is 0.192. The second kappa shape index (κ2) is 6.55. The van der Waals surface area contributed by atoms with Crippen LogP contribution in [0.25, 0.3) is 0 Å². The van der Waals surface area contributed by atoms with Crippen LogP contribution in [-0.4, -0.2) is 28.7 Å². The highest BCUT2D eigenvalue weighted by Gasteiger charge is 2.11. The molecule has 5 nitrogen and oxygen atoms in total. The topological polar surface area (TPSA) is 67.4 Å². The zero-order valence-electron chi connectivity index (χ0n) is 9.04. The summed E-state index contributed by atoms with van der Waals surface area (Å²) in [5, 5.41) is 0.324. The lowest BCUT2D eigenvalue weighted by atomic mass is 10.3. The fourth-order valence-electron chi connectivity index (χ4n) is 1.03. The van der Waals surface area contributed by atoms with Crippen molar-refractivity contribution in [3.63, 3.8) is 0 Å². The van der Waals surface area contributed by atoms with Crippen LogP contribution in [0.2, 0.25) is 5.02 Å². The quantitative estimate of drug-likeness (QED) is 0.776. The molecule has 0 heterocycles. The fourth-order valence-corrected chi connectivity index (χ4v) is 2.50. The summed E-state index contributed by atoms with van der Waals surface area (Å²) in [6, 6.07) is 4.90. The van der Waals surface area contributed by atoms with Crippen LogP contribution < -0.4 is 9.44 Å². The molecule has 1 aromatic rings. The molecule has 1 aromatic carbocycles. The molecule has 0 aliphatic heterocycles. The summed E-state index contributed by atoms with van der Waals surface area (Å²) in [5.41, 5.74) is 0.311. The standard InChI is InChI=1S/C9H12BrClN2O3S/c1-16-5-4-12-17(14,15)13-9-6-7(10)2-3-8(9)11/h2-3,6,12-13H,4-5H2,1H3. The van der Waals surface area contributed by atoms with E-state index in [0.29, 0.717) is 17.3 Å². The lowest BCUT2D eigenvalue weighted by Gasteiger charge is -2.10. The zero-order valence-corrected chi connectivity index (χ0v) is 12.2. The average Bonchev–Trinajstić information content (AvgIpc) is 2.23. The van der Waals surface area contributed by atoms with Crippen LogP contribution in [0.1, 0.15) is 0 Å². The van der Waals surface area contributed by atoms with Gasteiger partial charge >= 0.3 is 0 Å². The van der Waals surface area contributed by atoms with Gasteiger partial charge in [-0.2, -0.15) is 13.1 Å². The Bertz CT molecular complexity index is 481. The van der Waals surface area contributed by atoms with E-state index in [4.69, 9.17) is 16.3 Å². The number of methoxy groups -OCH3 is 1. The maximum Gasteiger partial charge on any atom is 0.299 e. The van der Waals surface area contributed by atoms with E-state index in [1.54, 1.807) is 18.2 Å². The number of nitrogens with one attached hydrogen (secondary N) is 2. The van der Waals surface area contributed by atoms with Crippen molar-refractivity contribution in [2.75, 3.05) is 25.0 Å². The van der Waals surface area contributed by atoms with Crippen LogP contribution >= 0.6 is 27.5 Å². The smallest absolute Gasteiger partial charge is 0.299 e. The van der Waals surface area contributed by atoms with E-state index in [1.807, 2.05) is 0 Å². The average molecular weight is 344 g/mol. The first-order valence-electron chi connectivity index (χ1n) is 4.66. The molecule has 1 rings (SSSR count). The molecule has 0 spiro atoms. The van der Waals surface area contributed by atoms with Crippen LogP contribution in [0.3, 0.4) is 0 Å². The molecule has 0 atom stereocenters. The largest absolute Gasteiger partial charge is 0.383 e. The fraction of sp³-hybridized carbons (Fsp3) is 0.333. The van der Waals surface area contributed by atoms with Crippen LogP contribution in [0, 0.1) is 0 Å². The summed E-state index contributed by atoms with van der Waals surface area (Å²) < 4.78 is 33.3. The Hall–Kier alpha value is -0.340. The number of anilines is 1. The molecule has 0 unspecified atom stereocenters. The maximum absolute atomic E-state index is 11.6. The molecule has 0 saturated carbocycles. The van der Waals surface area contributed by atoms with E-state index in [0.717, 1.165) is 4.47 Å². The highest BCUT2D eigenvalue weighted by Crippen LogP contribution is 2.26. The number of rotatable bonds is 6. The Morgan fingerprint density at radius 3 is 2.82 bits per heavy atom. The Labute approximate surface area is 114 Å². The highest BCUT2D eigenvalue weighted by atomic mass is 79.9. The molecule has 0 saturated heterocycles. The molecule has 0 aliphatic carbocycles. The first kappa shape index (κ1) is 14.7. The molecule has 17 heavy (non-hydrogen) atoms. The Balaban J connectivity index is 2.72. The van der Waals surface area contributed by atoms with Gasteiger partial charge in [0.25, 0.3) is 10.2 Å². The van der Waals surface area contributed by atoms with Crippen molar-refractivity contribution in [2.24, 2.45) is 0 Å². The lowest BCUT2D eigenvalue weighted by molar-refractivity contribution is 0.204. The molecule has 0 aromatic heterocycles. The molecule has 0 bridgehead atoms.